The van der Waals surface area contributed by atoms with Crippen LogP contribution in [0.25, 0.3) is 0 Å². The number of anilines is 1. The van der Waals surface area contributed by atoms with Gasteiger partial charge >= 0.3 is 0 Å². The number of carbonyl (C=O) groups excluding carboxylic acids is 1. The third-order valence-electron chi connectivity index (χ3n) is 3.53. The average Bonchev–Trinajstić information content (AvgIpc) is 2.46. The predicted octanol–water partition coefficient (Wildman–Crippen LogP) is 0.590. The van der Waals surface area contributed by atoms with E-state index >= 15 is 0 Å². The lowest BCUT2D eigenvalue weighted by molar-refractivity contribution is 0.0957. The Morgan fingerprint density at radius 3 is 2.68 bits per heavy atom. The fraction of sp³-hybridized carbons (Fsp3) is 0.615. The van der Waals surface area contributed by atoms with E-state index in [2.05, 4.69) is 32.8 Å². The van der Waals surface area contributed by atoms with Crippen molar-refractivity contribution in [1.82, 2.24) is 20.4 Å². The van der Waals surface area contributed by atoms with Crippen molar-refractivity contribution in [2.24, 2.45) is 5.92 Å². The monoisotopic (exact) mass is 263 g/mol. The first kappa shape index (κ1) is 13.7. The van der Waals surface area contributed by atoms with Crippen LogP contribution in [0.2, 0.25) is 0 Å². The molecule has 6 nitrogen and oxygen atoms in total. The van der Waals surface area contributed by atoms with E-state index in [1.165, 1.54) is 12.8 Å². The highest BCUT2D eigenvalue weighted by molar-refractivity contribution is 5.91. The Kier molecular flexibility index (Phi) is 4.68. The second-order valence-electron chi connectivity index (χ2n) is 5.01. The first-order valence-electron chi connectivity index (χ1n) is 6.67. The van der Waals surface area contributed by atoms with E-state index in [0.717, 1.165) is 25.5 Å². The zero-order valence-electron chi connectivity index (χ0n) is 11.5. The molecule has 1 saturated heterocycles. The summed E-state index contributed by atoms with van der Waals surface area (Å²) in [7, 11) is 3.74. The third kappa shape index (κ3) is 3.89. The maximum absolute atomic E-state index is 11.3. The van der Waals surface area contributed by atoms with Gasteiger partial charge in [0, 0.05) is 13.6 Å². The number of hydrogen-bond acceptors (Lipinski definition) is 5. The lowest BCUT2D eigenvalue weighted by Crippen LogP contribution is -2.33. The number of nitrogens with zero attached hydrogens (tertiary/aromatic N) is 3. The summed E-state index contributed by atoms with van der Waals surface area (Å²) in [6, 6.07) is 3.48. The van der Waals surface area contributed by atoms with Gasteiger partial charge in [-0.15, -0.1) is 10.2 Å². The number of amides is 1. The van der Waals surface area contributed by atoms with Gasteiger partial charge in [0.25, 0.3) is 5.91 Å². The second kappa shape index (κ2) is 6.47. The van der Waals surface area contributed by atoms with Crippen molar-refractivity contribution in [3.05, 3.63) is 17.8 Å². The van der Waals surface area contributed by atoms with Crippen molar-refractivity contribution >= 4 is 11.7 Å². The number of likely N-dealkylation sites (tertiary alicyclic amines) is 1. The van der Waals surface area contributed by atoms with Gasteiger partial charge in [-0.1, -0.05) is 0 Å². The number of carbonyl (C=O) groups is 1. The van der Waals surface area contributed by atoms with Gasteiger partial charge in [0.15, 0.2) is 5.69 Å². The zero-order chi connectivity index (χ0) is 13.7. The lowest BCUT2D eigenvalue weighted by Gasteiger charge is -2.28. The summed E-state index contributed by atoms with van der Waals surface area (Å²) >= 11 is 0. The van der Waals surface area contributed by atoms with Gasteiger partial charge in [0.2, 0.25) is 0 Å². The molecule has 1 amide bonds. The predicted molar refractivity (Wildman–Crippen MR) is 74.1 cm³/mol. The SMILES string of the molecule is CNC(=O)c1ccc(NCC2CCN(C)CC2)nn1. The minimum absolute atomic E-state index is 0.214. The van der Waals surface area contributed by atoms with Gasteiger partial charge in [-0.3, -0.25) is 4.79 Å². The van der Waals surface area contributed by atoms with Crippen LogP contribution in [0.15, 0.2) is 12.1 Å². The molecular formula is C13H21N5O. The average molecular weight is 263 g/mol. The fourth-order valence-electron chi connectivity index (χ4n) is 2.19. The number of rotatable bonds is 4. The Bertz CT molecular complexity index is 412. The molecule has 2 heterocycles. The number of piperidine rings is 1. The highest BCUT2D eigenvalue weighted by atomic mass is 16.1. The van der Waals surface area contributed by atoms with Crippen molar-refractivity contribution < 1.29 is 4.79 Å². The van der Waals surface area contributed by atoms with Crippen LogP contribution in [0.4, 0.5) is 5.82 Å². The highest BCUT2D eigenvalue weighted by Gasteiger charge is 2.16. The first-order chi connectivity index (χ1) is 9.19. The molecule has 1 fully saturated rings. The van der Waals surface area contributed by atoms with Gasteiger partial charge in [-0.25, -0.2) is 0 Å². The summed E-state index contributed by atoms with van der Waals surface area (Å²) in [4.78, 5) is 13.7. The largest absolute Gasteiger partial charge is 0.368 e. The Balaban J connectivity index is 1.81. The molecule has 104 valence electrons. The molecular weight excluding hydrogens is 242 g/mol. The molecule has 1 aromatic rings. The van der Waals surface area contributed by atoms with Crippen LogP contribution >= 0.6 is 0 Å². The zero-order valence-corrected chi connectivity index (χ0v) is 11.5. The fourth-order valence-corrected chi connectivity index (χ4v) is 2.19. The Hall–Kier alpha value is -1.69. The standard InChI is InChI=1S/C13H21N5O/c1-14-13(19)11-3-4-12(17-16-11)15-9-10-5-7-18(2)8-6-10/h3-4,10H,5-9H2,1-2H3,(H,14,19)(H,15,17). The summed E-state index contributed by atoms with van der Waals surface area (Å²) < 4.78 is 0. The molecule has 0 aliphatic carbocycles. The molecule has 0 radical (unpaired) electrons. The molecule has 6 heteroatoms. The van der Waals surface area contributed by atoms with E-state index in [1.807, 2.05) is 0 Å². The summed E-state index contributed by atoms with van der Waals surface area (Å²) in [5.41, 5.74) is 0.340. The van der Waals surface area contributed by atoms with Crippen LogP contribution in [0, 0.1) is 5.92 Å². The number of hydrogen-bond donors (Lipinski definition) is 2. The number of aromatic nitrogens is 2. The van der Waals surface area contributed by atoms with Gasteiger partial charge in [-0.05, 0) is 51.0 Å². The first-order valence-corrected chi connectivity index (χ1v) is 6.67. The normalized spacial score (nSPS) is 17.2. The molecule has 2 rings (SSSR count). The number of nitrogens with one attached hydrogen (secondary N) is 2. The van der Waals surface area contributed by atoms with Crippen molar-refractivity contribution in [2.75, 3.05) is 39.0 Å². The van der Waals surface area contributed by atoms with E-state index in [4.69, 9.17) is 0 Å². The van der Waals surface area contributed by atoms with Gasteiger partial charge < -0.3 is 15.5 Å². The smallest absolute Gasteiger partial charge is 0.271 e. The van der Waals surface area contributed by atoms with E-state index in [9.17, 15) is 4.79 Å². The molecule has 0 saturated carbocycles. The van der Waals surface area contributed by atoms with E-state index in [-0.39, 0.29) is 5.91 Å². The summed E-state index contributed by atoms with van der Waals surface area (Å²) in [5.74, 6) is 1.21. The molecule has 0 atom stereocenters. The summed E-state index contributed by atoms with van der Waals surface area (Å²) in [6.07, 6.45) is 2.43. The highest BCUT2D eigenvalue weighted by Crippen LogP contribution is 2.16. The van der Waals surface area contributed by atoms with Crippen molar-refractivity contribution in [2.45, 2.75) is 12.8 Å². The van der Waals surface area contributed by atoms with Gasteiger partial charge in [0.1, 0.15) is 5.82 Å². The summed E-state index contributed by atoms with van der Waals surface area (Å²) in [5, 5.41) is 13.7. The van der Waals surface area contributed by atoms with Gasteiger partial charge in [-0.2, -0.15) is 0 Å². The molecule has 0 unspecified atom stereocenters. The molecule has 0 aromatic carbocycles. The summed E-state index contributed by atoms with van der Waals surface area (Å²) in [6.45, 7) is 3.24. The van der Waals surface area contributed by atoms with Crippen molar-refractivity contribution in [3.63, 3.8) is 0 Å². The quantitative estimate of drug-likeness (QED) is 0.832. The molecule has 1 aliphatic heterocycles. The van der Waals surface area contributed by atoms with E-state index < -0.39 is 0 Å². The molecule has 1 aromatic heterocycles. The van der Waals surface area contributed by atoms with Crippen LogP contribution in [-0.2, 0) is 0 Å². The third-order valence-corrected chi connectivity index (χ3v) is 3.53. The molecule has 0 spiro atoms. The van der Waals surface area contributed by atoms with Crippen LogP contribution in [0.3, 0.4) is 0 Å². The topological polar surface area (TPSA) is 70.2 Å². The maximum Gasteiger partial charge on any atom is 0.271 e. The van der Waals surface area contributed by atoms with Crippen LogP contribution < -0.4 is 10.6 Å². The van der Waals surface area contributed by atoms with Crippen molar-refractivity contribution in [1.29, 1.82) is 0 Å². The van der Waals surface area contributed by atoms with E-state index in [0.29, 0.717) is 11.6 Å². The van der Waals surface area contributed by atoms with Crippen LogP contribution in [0.1, 0.15) is 23.3 Å². The van der Waals surface area contributed by atoms with Crippen LogP contribution in [0.5, 0.6) is 0 Å². The molecule has 19 heavy (non-hydrogen) atoms. The lowest BCUT2D eigenvalue weighted by atomic mass is 9.97. The van der Waals surface area contributed by atoms with Gasteiger partial charge in [0.05, 0.1) is 0 Å². The second-order valence-corrected chi connectivity index (χ2v) is 5.01. The Labute approximate surface area is 113 Å². The minimum Gasteiger partial charge on any atom is -0.368 e. The van der Waals surface area contributed by atoms with Crippen LogP contribution in [-0.4, -0.2) is 54.7 Å². The molecule has 0 bridgehead atoms. The van der Waals surface area contributed by atoms with Crippen molar-refractivity contribution in [3.8, 4) is 0 Å². The van der Waals surface area contributed by atoms with E-state index in [1.54, 1.807) is 19.2 Å². The molecule has 1 aliphatic rings. The maximum atomic E-state index is 11.3. The minimum atomic E-state index is -0.214. The Morgan fingerprint density at radius 1 is 1.37 bits per heavy atom. The molecule has 2 N–H and O–H groups in total. The Morgan fingerprint density at radius 2 is 2.11 bits per heavy atom.